The zero-order valence-corrected chi connectivity index (χ0v) is 17.9. The molecule has 156 valence electrons. The van der Waals surface area contributed by atoms with Crippen molar-refractivity contribution in [2.75, 3.05) is 0 Å². The summed E-state index contributed by atoms with van der Waals surface area (Å²) in [6.07, 6.45) is 4.27. The van der Waals surface area contributed by atoms with Crippen molar-refractivity contribution in [2.24, 2.45) is 5.92 Å². The quantitative estimate of drug-likeness (QED) is 0.703. The van der Waals surface area contributed by atoms with Crippen molar-refractivity contribution in [1.29, 1.82) is 0 Å². The van der Waals surface area contributed by atoms with Gasteiger partial charge >= 0.3 is 0 Å². The number of carbonyl (C=O) groups excluding carboxylic acids is 1. The van der Waals surface area contributed by atoms with Gasteiger partial charge in [0.2, 0.25) is 5.91 Å². The minimum Gasteiger partial charge on any atom is -0.352 e. The van der Waals surface area contributed by atoms with Gasteiger partial charge in [-0.15, -0.1) is 0 Å². The van der Waals surface area contributed by atoms with Crippen LogP contribution in [-0.4, -0.2) is 21.7 Å². The van der Waals surface area contributed by atoms with E-state index in [0.29, 0.717) is 5.39 Å². The molecule has 0 bridgehead atoms. The molecule has 0 aliphatic heterocycles. The number of aryl methyl sites for hydroxylation is 2. The molecule has 1 amide bonds. The van der Waals surface area contributed by atoms with E-state index < -0.39 is 0 Å². The van der Waals surface area contributed by atoms with Crippen molar-refractivity contribution in [1.82, 2.24) is 15.1 Å². The number of rotatable bonds is 4. The highest BCUT2D eigenvalue weighted by Crippen LogP contribution is 2.28. The second-order valence-electron chi connectivity index (χ2n) is 8.70. The molecule has 1 aliphatic rings. The van der Waals surface area contributed by atoms with Gasteiger partial charge in [0.25, 0.3) is 5.56 Å². The lowest BCUT2D eigenvalue weighted by atomic mass is 9.87. The van der Waals surface area contributed by atoms with Gasteiger partial charge in [0.05, 0.1) is 11.1 Å². The van der Waals surface area contributed by atoms with Crippen LogP contribution in [0.5, 0.6) is 0 Å². The molecule has 1 aliphatic carbocycles. The first-order valence-corrected chi connectivity index (χ1v) is 10.8. The second-order valence-corrected chi connectivity index (χ2v) is 8.70. The van der Waals surface area contributed by atoms with Crippen LogP contribution in [0.15, 0.2) is 47.3 Å². The Labute approximate surface area is 177 Å². The maximum absolute atomic E-state index is 13.1. The molecule has 0 saturated heterocycles. The van der Waals surface area contributed by atoms with Crippen molar-refractivity contribution in [3.63, 3.8) is 0 Å². The first kappa shape index (κ1) is 20.3. The van der Waals surface area contributed by atoms with E-state index in [1.54, 1.807) is 0 Å². The van der Waals surface area contributed by atoms with Crippen molar-refractivity contribution >= 4 is 16.7 Å². The third-order valence-corrected chi connectivity index (χ3v) is 6.19. The summed E-state index contributed by atoms with van der Waals surface area (Å²) < 4.78 is 1.32. The lowest BCUT2D eigenvalue weighted by molar-refractivity contribution is -0.122. The van der Waals surface area contributed by atoms with E-state index in [4.69, 9.17) is 0 Å². The molecule has 30 heavy (non-hydrogen) atoms. The highest BCUT2D eigenvalue weighted by atomic mass is 16.2. The van der Waals surface area contributed by atoms with Crippen LogP contribution in [0.4, 0.5) is 0 Å². The summed E-state index contributed by atoms with van der Waals surface area (Å²) in [6.45, 7) is 6.27. The summed E-state index contributed by atoms with van der Waals surface area (Å²) in [7, 11) is 0. The van der Waals surface area contributed by atoms with Gasteiger partial charge in [-0.25, -0.2) is 4.68 Å². The molecule has 4 rings (SSSR count). The standard InChI is InChI=1S/C25H29N3O2/c1-16-9-12-19(13-10-16)26-23(29)15-28-25(30)21-7-5-4-6-20(21)24(27-28)22-14-17(2)8-11-18(22)3/h4-8,11,14,16,19H,9-10,12-13,15H2,1-3H3,(H,26,29). The highest BCUT2D eigenvalue weighted by molar-refractivity contribution is 5.94. The van der Waals surface area contributed by atoms with Gasteiger partial charge < -0.3 is 5.32 Å². The Balaban J connectivity index is 1.70. The van der Waals surface area contributed by atoms with Crippen LogP contribution >= 0.6 is 0 Å². The fourth-order valence-corrected chi connectivity index (χ4v) is 4.35. The fourth-order valence-electron chi connectivity index (χ4n) is 4.35. The van der Waals surface area contributed by atoms with E-state index in [9.17, 15) is 9.59 Å². The largest absolute Gasteiger partial charge is 0.352 e. The molecule has 5 nitrogen and oxygen atoms in total. The van der Waals surface area contributed by atoms with Gasteiger partial charge in [-0.05, 0) is 63.1 Å². The molecule has 1 fully saturated rings. The van der Waals surface area contributed by atoms with E-state index in [1.165, 1.54) is 4.68 Å². The Morgan fingerprint density at radius 2 is 1.77 bits per heavy atom. The molecule has 0 unspecified atom stereocenters. The lowest BCUT2D eigenvalue weighted by Gasteiger charge is -2.27. The van der Waals surface area contributed by atoms with Crippen LogP contribution in [0.1, 0.15) is 43.7 Å². The zero-order chi connectivity index (χ0) is 21.3. The first-order chi connectivity index (χ1) is 14.4. The molecule has 1 aromatic heterocycles. The number of fused-ring (bicyclic) bond motifs is 1. The number of carbonyl (C=O) groups is 1. The van der Waals surface area contributed by atoms with Crippen LogP contribution in [0, 0.1) is 19.8 Å². The number of nitrogens with zero attached hydrogens (tertiary/aromatic N) is 2. The minimum atomic E-state index is -0.230. The molecule has 3 aromatic rings. The number of aromatic nitrogens is 2. The van der Waals surface area contributed by atoms with Gasteiger partial charge in [-0.1, -0.05) is 42.8 Å². The Kier molecular flexibility index (Phi) is 5.71. The molecule has 5 heteroatoms. The maximum Gasteiger partial charge on any atom is 0.275 e. The number of nitrogens with one attached hydrogen (secondary N) is 1. The number of amides is 1. The van der Waals surface area contributed by atoms with E-state index in [2.05, 4.69) is 35.5 Å². The summed E-state index contributed by atoms with van der Waals surface area (Å²) in [5.41, 5.74) is 3.71. The average molecular weight is 404 g/mol. The SMILES string of the molecule is Cc1ccc(C)c(-c2nn(CC(=O)NC3CCC(C)CC3)c(=O)c3ccccc23)c1. The number of hydrogen-bond donors (Lipinski definition) is 1. The summed E-state index contributed by atoms with van der Waals surface area (Å²) >= 11 is 0. The average Bonchev–Trinajstić information content (AvgIpc) is 2.74. The molecule has 0 radical (unpaired) electrons. The van der Waals surface area contributed by atoms with Crippen LogP contribution in [-0.2, 0) is 11.3 Å². The minimum absolute atomic E-state index is 0.0619. The predicted molar refractivity (Wildman–Crippen MR) is 120 cm³/mol. The Morgan fingerprint density at radius 3 is 2.50 bits per heavy atom. The molecular weight excluding hydrogens is 374 g/mol. The molecule has 1 heterocycles. The van der Waals surface area contributed by atoms with Gasteiger partial charge in [-0.3, -0.25) is 9.59 Å². The van der Waals surface area contributed by atoms with Crippen molar-refractivity contribution in [3.8, 4) is 11.3 Å². The van der Waals surface area contributed by atoms with Gasteiger partial charge in [0.1, 0.15) is 6.54 Å². The zero-order valence-electron chi connectivity index (χ0n) is 17.9. The van der Waals surface area contributed by atoms with Crippen molar-refractivity contribution in [3.05, 3.63) is 63.9 Å². The normalized spacial score (nSPS) is 19.0. The summed E-state index contributed by atoms with van der Waals surface area (Å²) in [5.74, 6) is 0.578. The summed E-state index contributed by atoms with van der Waals surface area (Å²) in [4.78, 5) is 25.8. The molecule has 0 atom stereocenters. The van der Waals surface area contributed by atoms with Crippen molar-refractivity contribution in [2.45, 2.75) is 59.0 Å². The van der Waals surface area contributed by atoms with Crippen LogP contribution in [0.2, 0.25) is 0 Å². The monoisotopic (exact) mass is 403 g/mol. The fraction of sp³-hybridized carbons (Fsp3) is 0.400. The van der Waals surface area contributed by atoms with Crippen LogP contribution in [0.3, 0.4) is 0 Å². The number of hydrogen-bond acceptors (Lipinski definition) is 3. The summed E-state index contributed by atoms with van der Waals surface area (Å²) in [6, 6.07) is 13.9. The molecule has 2 aromatic carbocycles. The molecule has 0 spiro atoms. The van der Waals surface area contributed by atoms with Gasteiger partial charge in [0, 0.05) is 17.0 Å². The smallest absolute Gasteiger partial charge is 0.275 e. The van der Waals surface area contributed by atoms with E-state index >= 15 is 0 Å². The van der Waals surface area contributed by atoms with E-state index in [-0.39, 0.29) is 24.1 Å². The highest BCUT2D eigenvalue weighted by Gasteiger charge is 2.21. The molecule has 1 saturated carbocycles. The third-order valence-electron chi connectivity index (χ3n) is 6.19. The maximum atomic E-state index is 13.1. The van der Waals surface area contributed by atoms with Crippen molar-refractivity contribution < 1.29 is 4.79 Å². The Bertz CT molecular complexity index is 1140. The molecule has 1 N–H and O–H groups in total. The molecular formula is C25H29N3O2. The predicted octanol–water partition coefficient (Wildman–Crippen LogP) is 4.38. The topological polar surface area (TPSA) is 64.0 Å². The number of benzene rings is 2. The lowest BCUT2D eigenvalue weighted by Crippen LogP contribution is -2.41. The second kappa shape index (κ2) is 8.42. The van der Waals surface area contributed by atoms with E-state index in [1.807, 2.05) is 38.1 Å². The summed E-state index contributed by atoms with van der Waals surface area (Å²) in [5, 5.41) is 9.17. The van der Waals surface area contributed by atoms with Crippen LogP contribution < -0.4 is 10.9 Å². The third kappa shape index (κ3) is 4.16. The van der Waals surface area contributed by atoms with E-state index in [0.717, 1.165) is 59.4 Å². The van der Waals surface area contributed by atoms with Gasteiger partial charge in [-0.2, -0.15) is 5.10 Å². The Morgan fingerprint density at radius 1 is 1.07 bits per heavy atom. The van der Waals surface area contributed by atoms with Crippen LogP contribution in [0.25, 0.3) is 22.0 Å². The first-order valence-electron chi connectivity index (χ1n) is 10.8. The Hall–Kier alpha value is -2.95. The van der Waals surface area contributed by atoms with Gasteiger partial charge in [0.15, 0.2) is 0 Å².